The van der Waals surface area contributed by atoms with Gasteiger partial charge in [0.15, 0.2) is 0 Å². The standard InChI is InChI=1S/C21H38N4O3/c26-19(9-12-22-20(27)24-18-7-3-1-4-8-18)23-17-21(10-5-2-6-11-21)25-13-15-28-16-14-25/h18H,1-17H2,(H,23,26)(H2,22,24,27). The van der Waals surface area contributed by atoms with Crippen molar-refractivity contribution in [1.29, 1.82) is 0 Å². The highest BCUT2D eigenvalue weighted by Crippen LogP contribution is 2.33. The van der Waals surface area contributed by atoms with Crippen LogP contribution in [-0.4, -0.2) is 67.8 Å². The summed E-state index contributed by atoms with van der Waals surface area (Å²) < 4.78 is 5.52. The quantitative estimate of drug-likeness (QED) is 0.618. The first kappa shape index (κ1) is 21.4. The third-order valence-electron chi connectivity index (χ3n) is 6.66. The molecule has 3 aliphatic rings. The predicted molar refractivity (Wildman–Crippen MR) is 109 cm³/mol. The number of morpholine rings is 1. The average molecular weight is 395 g/mol. The zero-order valence-electron chi connectivity index (χ0n) is 17.3. The maximum Gasteiger partial charge on any atom is 0.315 e. The topological polar surface area (TPSA) is 82.7 Å². The van der Waals surface area contributed by atoms with Crippen molar-refractivity contribution < 1.29 is 14.3 Å². The number of hydrogen-bond donors (Lipinski definition) is 3. The number of nitrogens with one attached hydrogen (secondary N) is 3. The highest BCUT2D eigenvalue weighted by molar-refractivity contribution is 5.78. The molecule has 3 N–H and O–H groups in total. The Bertz CT molecular complexity index is 496. The molecule has 7 nitrogen and oxygen atoms in total. The van der Waals surface area contributed by atoms with E-state index in [4.69, 9.17) is 4.74 Å². The highest BCUT2D eigenvalue weighted by Gasteiger charge is 2.38. The lowest BCUT2D eigenvalue weighted by Crippen LogP contribution is -2.59. The first-order chi connectivity index (χ1) is 13.7. The lowest BCUT2D eigenvalue weighted by Gasteiger charge is -2.48. The van der Waals surface area contributed by atoms with E-state index in [0.29, 0.717) is 25.6 Å². The second-order valence-electron chi connectivity index (χ2n) is 8.65. The lowest BCUT2D eigenvalue weighted by atomic mass is 9.79. The predicted octanol–water partition coefficient (Wildman–Crippen LogP) is 2.16. The van der Waals surface area contributed by atoms with Crippen LogP contribution in [-0.2, 0) is 9.53 Å². The van der Waals surface area contributed by atoms with E-state index in [1.165, 1.54) is 38.5 Å². The number of carbonyl (C=O) groups is 2. The molecule has 1 saturated heterocycles. The molecular weight excluding hydrogens is 356 g/mol. The molecule has 2 saturated carbocycles. The molecule has 28 heavy (non-hydrogen) atoms. The van der Waals surface area contributed by atoms with E-state index in [9.17, 15) is 9.59 Å². The average Bonchev–Trinajstić information content (AvgIpc) is 2.74. The van der Waals surface area contributed by atoms with E-state index in [-0.39, 0.29) is 17.5 Å². The van der Waals surface area contributed by atoms with E-state index in [1.807, 2.05) is 0 Å². The molecule has 160 valence electrons. The number of rotatable bonds is 7. The van der Waals surface area contributed by atoms with E-state index in [1.54, 1.807) is 0 Å². The van der Waals surface area contributed by atoms with Gasteiger partial charge in [0.2, 0.25) is 5.91 Å². The smallest absolute Gasteiger partial charge is 0.315 e. The van der Waals surface area contributed by atoms with Gasteiger partial charge in [-0.25, -0.2) is 4.79 Å². The maximum absolute atomic E-state index is 12.4. The van der Waals surface area contributed by atoms with Crippen molar-refractivity contribution in [2.75, 3.05) is 39.4 Å². The fourth-order valence-electron chi connectivity index (χ4n) is 4.98. The summed E-state index contributed by atoms with van der Waals surface area (Å²) in [4.78, 5) is 26.9. The second kappa shape index (κ2) is 11.0. The molecule has 0 aromatic rings. The van der Waals surface area contributed by atoms with Crippen molar-refractivity contribution >= 4 is 11.9 Å². The van der Waals surface area contributed by atoms with Crippen molar-refractivity contribution in [3.63, 3.8) is 0 Å². The van der Waals surface area contributed by atoms with Crippen molar-refractivity contribution in [3.05, 3.63) is 0 Å². The van der Waals surface area contributed by atoms with Crippen LogP contribution in [0.2, 0.25) is 0 Å². The Kier molecular flexibility index (Phi) is 8.40. The summed E-state index contributed by atoms with van der Waals surface area (Å²) in [6, 6.07) is 0.152. The molecule has 0 spiro atoms. The minimum atomic E-state index is -0.142. The first-order valence-electron chi connectivity index (χ1n) is 11.3. The molecule has 0 aromatic carbocycles. The zero-order chi connectivity index (χ0) is 19.7. The summed E-state index contributed by atoms with van der Waals surface area (Å²) >= 11 is 0. The van der Waals surface area contributed by atoms with E-state index < -0.39 is 0 Å². The van der Waals surface area contributed by atoms with Gasteiger partial charge in [-0.15, -0.1) is 0 Å². The van der Waals surface area contributed by atoms with Crippen LogP contribution in [0.4, 0.5) is 4.79 Å². The molecule has 0 radical (unpaired) electrons. The monoisotopic (exact) mass is 394 g/mol. The fraction of sp³-hybridized carbons (Fsp3) is 0.905. The van der Waals surface area contributed by atoms with E-state index in [0.717, 1.165) is 52.0 Å². The minimum absolute atomic E-state index is 0.0242. The number of amides is 3. The van der Waals surface area contributed by atoms with Gasteiger partial charge in [0, 0.05) is 44.2 Å². The van der Waals surface area contributed by atoms with Gasteiger partial charge in [-0.3, -0.25) is 9.69 Å². The van der Waals surface area contributed by atoms with Gasteiger partial charge < -0.3 is 20.7 Å². The molecule has 1 heterocycles. The van der Waals surface area contributed by atoms with Crippen LogP contribution in [0.5, 0.6) is 0 Å². The Morgan fingerprint density at radius 2 is 1.61 bits per heavy atom. The molecule has 2 aliphatic carbocycles. The molecule has 1 aliphatic heterocycles. The van der Waals surface area contributed by atoms with Gasteiger partial charge in [0.05, 0.1) is 13.2 Å². The summed E-state index contributed by atoms with van der Waals surface area (Å²) in [5, 5.41) is 9.01. The SMILES string of the molecule is O=C(CCNC(=O)NC1CCCCC1)NCC1(N2CCOCC2)CCCCC1. The summed E-state index contributed by atoms with van der Waals surface area (Å²) in [6.45, 7) is 4.58. The highest BCUT2D eigenvalue weighted by atomic mass is 16.5. The van der Waals surface area contributed by atoms with E-state index >= 15 is 0 Å². The molecule has 3 fully saturated rings. The Hall–Kier alpha value is -1.34. The van der Waals surface area contributed by atoms with Crippen molar-refractivity contribution in [3.8, 4) is 0 Å². The Morgan fingerprint density at radius 1 is 0.929 bits per heavy atom. The zero-order valence-corrected chi connectivity index (χ0v) is 17.3. The second-order valence-corrected chi connectivity index (χ2v) is 8.65. The summed E-state index contributed by atoms with van der Waals surface area (Å²) in [6.07, 6.45) is 12.2. The number of ether oxygens (including phenoxy) is 1. The van der Waals surface area contributed by atoms with Crippen LogP contribution >= 0.6 is 0 Å². The number of nitrogens with zero attached hydrogens (tertiary/aromatic N) is 1. The molecule has 0 atom stereocenters. The molecule has 3 amide bonds. The third-order valence-corrected chi connectivity index (χ3v) is 6.66. The fourth-order valence-corrected chi connectivity index (χ4v) is 4.98. The molecular formula is C21H38N4O3. The summed E-state index contributed by atoms with van der Waals surface area (Å²) in [5.74, 6) is 0.0242. The van der Waals surface area contributed by atoms with Crippen LogP contribution in [0.3, 0.4) is 0 Å². The largest absolute Gasteiger partial charge is 0.379 e. The van der Waals surface area contributed by atoms with Crippen molar-refractivity contribution in [1.82, 2.24) is 20.9 Å². The van der Waals surface area contributed by atoms with E-state index in [2.05, 4.69) is 20.9 Å². The Labute approximate surface area is 169 Å². The van der Waals surface area contributed by atoms with Crippen LogP contribution in [0.25, 0.3) is 0 Å². The van der Waals surface area contributed by atoms with Gasteiger partial charge in [-0.2, -0.15) is 0 Å². The van der Waals surface area contributed by atoms with Crippen LogP contribution in [0.1, 0.15) is 70.6 Å². The van der Waals surface area contributed by atoms with Gasteiger partial charge in [-0.05, 0) is 25.7 Å². The summed E-state index contributed by atoms with van der Waals surface area (Å²) in [7, 11) is 0. The van der Waals surface area contributed by atoms with Gasteiger partial charge in [-0.1, -0.05) is 38.5 Å². The number of urea groups is 1. The third kappa shape index (κ3) is 6.34. The number of hydrogen-bond acceptors (Lipinski definition) is 4. The van der Waals surface area contributed by atoms with Gasteiger partial charge >= 0.3 is 6.03 Å². The normalized spacial score (nSPS) is 23.7. The minimum Gasteiger partial charge on any atom is -0.379 e. The van der Waals surface area contributed by atoms with Gasteiger partial charge in [0.1, 0.15) is 0 Å². The lowest BCUT2D eigenvalue weighted by molar-refractivity contribution is -0.122. The van der Waals surface area contributed by atoms with Crippen molar-refractivity contribution in [2.24, 2.45) is 0 Å². The Morgan fingerprint density at radius 3 is 2.32 bits per heavy atom. The maximum atomic E-state index is 12.4. The van der Waals surface area contributed by atoms with Crippen LogP contribution in [0.15, 0.2) is 0 Å². The van der Waals surface area contributed by atoms with Crippen LogP contribution < -0.4 is 16.0 Å². The Balaban J connectivity index is 1.36. The van der Waals surface area contributed by atoms with Crippen molar-refractivity contribution in [2.45, 2.75) is 82.2 Å². The molecule has 0 bridgehead atoms. The number of carbonyl (C=O) groups excluding carboxylic acids is 2. The molecule has 0 aromatic heterocycles. The molecule has 3 rings (SSSR count). The molecule has 0 unspecified atom stereocenters. The van der Waals surface area contributed by atoms with Gasteiger partial charge in [0.25, 0.3) is 0 Å². The van der Waals surface area contributed by atoms with Crippen LogP contribution in [0, 0.1) is 0 Å². The molecule has 7 heteroatoms. The first-order valence-corrected chi connectivity index (χ1v) is 11.3. The summed E-state index contributed by atoms with van der Waals surface area (Å²) in [5.41, 5.74) is 0.0868.